The molecule has 2 aromatic rings. The first-order chi connectivity index (χ1) is 14.9. The summed E-state index contributed by atoms with van der Waals surface area (Å²) < 4.78 is 39.5. The maximum Gasteiger partial charge on any atom is 0.247 e. The minimum Gasteiger partial charge on any atom is -0.497 e. The normalized spacial score (nSPS) is 17.0. The zero-order chi connectivity index (χ0) is 22.0. The Morgan fingerprint density at radius 2 is 1.58 bits per heavy atom. The lowest BCUT2D eigenvalue weighted by molar-refractivity contribution is 0.0499. The van der Waals surface area contributed by atoms with Gasteiger partial charge >= 0.3 is 0 Å². The van der Waals surface area contributed by atoms with Crippen molar-refractivity contribution >= 4 is 21.6 Å². The van der Waals surface area contributed by atoms with Crippen molar-refractivity contribution in [2.75, 3.05) is 33.4 Å². The van der Waals surface area contributed by atoms with Gasteiger partial charge in [0, 0.05) is 30.8 Å². The van der Waals surface area contributed by atoms with Crippen molar-refractivity contribution in [3.05, 3.63) is 75.8 Å². The molecule has 0 saturated carbocycles. The van der Waals surface area contributed by atoms with Crippen LogP contribution in [-0.2, 0) is 21.3 Å². The summed E-state index contributed by atoms with van der Waals surface area (Å²) in [4.78, 5) is 27.6. The predicted octanol–water partition coefficient (Wildman–Crippen LogP) is 1.74. The molecule has 9 heteroatoms. The molecule has 0 atom stereocenters. The first-order valence-electron chi connectivity index (χ1n) is 9.80. The minimum absolute atomic E-state index is 0.0324. The van der Waals surface area contributed by atoms with Crippen molar-refractivity contribution in [1.82, 2.24) is 9.62 Å². The quantitative estimate of drug-likeness (QED) is 0.727. The van der Waals surface area contributed by atoms with E-state index in [4.69, 9.17) is 9.47 Å². The Morgan fingerprint density at radius 3 is 2.19 bits per heavy atom. The molecule has 0 bridgehead atoms. The predicted molar refractivity (Wildman–Crippen MR) is 113 cm³/mol. The number of ether oxygens (including phenoxy) is 2. The molecule has 2 aromatic carbocycles. The molecule has 1 aliphatic carbocycles. The number of rotatable bonds is 6. The number of carbonyl (C=O) groups excluding carboxylic acids is 2. The number of nitrogens with one attached hydrogen (secondary N) is 1. The lowest BCUT2D eigenvalue weighted by Gasteiger charge is -2.33. The van der Waals surface area contributed by atoms with E-state index in [-0.39, 0.29) is 23.4 Å². The number of hydrogen-bond acceptors (Lipinski definition) is 7. The average Bonchev–Trinajstić information content (AvgIpc) is 2.80. The summed E-state index contributed by atoms with van der Waals surface area (Å²) in [6.07, 6.45) is 0. The molecule has 1 heterocycles. The second-order valence-corrected chi connectivity index (χ2v) is 8.86. The number of morpholine rings is 1. The molecule has 162 valence electrons. The number of benzene rings is 2. The Hall–Kier alpha value is -3.01. The number of sulfonamides is 1. The van der Waals surface area contributed by atoms with Gasteiger partial charge in [-0.25, -0.2) is 13.1 Å². The van der Waals surface area contributed by atoms with Crippen molar-refractivity contribution in [3.63, 3.8) is 0 Å². The highest BCUT2D eigenvalue weighted by molar-refractivity contribution is 7.94. The van der Waals surface area contributed by atoms with Crippen LogP contribution in [0.1, 0.15) is 26.3 Å². The highest BCUT2D eigenvalue weighted by Gasteiger charge is 2.41. The van der Waals surface area contributed by atoms with Crippen LogP contribution in [0.2, 0.25) is 0 Å². The zero-order valence-electron chi connectivity index (χ0n) is 17.0. The van der Waals surface area contributed by atoms with Crippen LogP contribution < -0.4 is 9.46 Å². The number of nitrogens with zero attached hydrogens (tertiary/aromatic N) is 1. The highest BCUT2D eigenvalue weighted by Crippen LogP contribution is 2.31. The second-order valence-electron chi connectivity index (χ2n) is 7.15. The number of carbonyl (C=O) groups is 2. The Morgan fingerprint density at radius 1 is 0.968 bits per heavy atom. The van der Waals surface area contributed by atoms with Gasteiger partial charge < -0.3 is 14.4 Å². The molecule has 0 radical (unpaired) electrons. The smallest absolute Gasteiger partial charge is 0.247 e. The average molecular weight is 442 g/mol. The number of methoxy groups -OCH3 is 1. The Kier molecular flexibility index (Phi) is 5.90. The minimum atomic E-state index is -4.28. The maximum atomic E-state index is 13.3. The number of allylic oxidation sites excluding steroid dienone is 2. The summed E-state index contributed by atoms with van der Waals surface area (Å²) in [6.45, 7) is 1.32. The van der Waals surface area contributed by atoms with Crippen LogP contribution in [0, 0.1) is 0 Å². The number of fused-ring (bicyclic) bond motifs is 1. The molecule has 1 saturated heterocycles. The Labute approximate surface area is 180 Å². The summed E-state index contributed by atoms with van der Waals surface area (Å²) in [5.74, 6) is -0.505. The molecule has 0 aromatic heterocycles. The molecule has 0 spiro atoms. The first-order valence-corrected chi connectivity index (χ1v) is 11.3. The highest BCUT2D eigenvalue weighted by atomic mass is 32.2. The third-order valence-corrected chi connectivity index (χ3v) is 6.71. The molecule has 1 N–H and O–H groups in total. The van der Waals surface area contributed by atoms with Gasteiger partial charge in [0.25, 0.3) is 0 Å². The van der Waals surface area contributed by atoms with Crippen LogP contribution in [0.4, 0.5) is 0 Å². The molecular formula is C22H22N2O6S. The molecule has 31 heavy (non-hydrogen) atoms. The summed E-state index contributed by atoms with van der Waals surface area (Å²) >= 11 is 0. The van der Waals surface area contributed by atoms with E-state index in [0.29, 0.717) is 37.6 Å². The van der Waals surface area contributed by atoms with Crippen molar-refractivity contribution in [1.29, 1.82) is 0 Å². The monoisotopic (exact) mass is 442 g/mol. The van der Waals surface area contributed by atoms with E-state index in [9.17, 15) is 18.0 Å². The maximum absolute atomic E-state index is 13.3. The third-order valence-electron chi connectivity index (χ3n) is 5.27. The van der Waals surface area contributed by atoms with E-state index < -0.39 is 26.5 Å². The van der Waals surface area contributed by atoms with Gasteiger partial charge in [-0.2, -0.15) is 0 Å². The topological polar surface area (TPSA) is 102 Å². The van der Waals surface area contributed by atoms with Crippen molar-refractivity contribution in [2.45, 2.75) is 6.54 Å². The lowest BCUT2D eigenvalue weighted by atomic mass is 9.91. The summed E-state index contributed by atoms with van der Waals surface area (Å²) in [6, 6.07) is 13.2. The van der Waals surface area contributed by atoms with E-state index >= 15 is 0 Å². The largest absolute Gasteiger partial charge is 0.497 e. The van der Waals surface area contributed by atoms with Gasteiger partial charge in [-0.3, -0.25) is 9.59 Å². The lowest BCUT2D eigenvalue weighted by Crippen LogP contribution is -2.43. The molecule has 8 nitrogen and oxygen atoms in total. The van der Waals surface area contributed by atoms with Crippen LogP contribution in [0.25, 0.3) is 0 Å². The Balaban J connectivity index is 1.73. The SMILES string of the molecule is COc1ccc(CNS(=O)(=O)C2=C(N3CCOCC3)C(=O)c3ccccc3C2=O)cc1. The van der Waals surface area contributed by atoms with E-state index in [2.05, 4.69) is 4.72 Å². The molecule has 1 aliphatic heterocycles. The van der Waals surface area contributed by atoms with Crippen molar-refractivity contribution in [2.24, 2.45) is 0 Å². The third kappa shape index (κ3) is 4.12. The molecular weight excluding hydrogens is 420 g/mol. The van der Waals surface area contributed by atoms with Gasteiger partial charge in [-0.15, -0.1) is 0 Å². The fourth-order valence-corrected chi connectivity index (χ4v) is 4.99. The van der Waals surface area contributed by atoms with Crippen LogP contribution in [-0.4, -0.2) is 58.3 Å². The van der Waals surface area contributed by atoms with Crippen LogP contribution in [0.3, 0.4) is 0 Å². The second kappa shape index (κ2) is 8.62. The summed E-state index contributed by atoms with van der Waals surface area (Å²) in [7, 11) is -2.73. The number of hydrogen-bond donors (Lipinski definition) is 1. The molecule has 0 unspecified atom stereocenters. The van der Waals surface area contributed by atoms with Gasteiger partial charge in [0.05, 0.1) is 20.3 Å². The van der Waals surface area contributed by atoms with Crippen LogP contribution in [0.5, 0.6) is 5.75 Å². The Bertz CT molecular complexity index is 1150. The van der Waals surface area contributed by atoms with Gasteiger partial charge in [0.1, 0.15) is 11.4 Å². The zero-order valence-corrected chi connectivity index (χ0v) is 17.8. The van der Waals surface area contributed by atoms with E-state index in [1.54, 1.807) is 54.5 Å². The summed E-state index contributed by atoms with van der Waals surface area (Å²) in [5, 5.41) is 0. The first kappa shape index (κ1) is 21.2. The molecule has 2 aliphatic rings. The van der Waals surface area contributed by atoms with Gasteiger partial charge in [0.15, 0.2) is 4.91 Å². The van der Waals surface area contributed by atoms with E-state index in [1.165, 1.54) is 6.07 Å². The van der Waals surface area contributed by atoms with Gasteiger partial charge in [-0.05, 0) is 17.7 Å². The fourth-order valence-electron chi connectivity index (χ4n) is 3.66. The van der Waals surface area contributed by atoms with Gasteiger partial charge in [0.2, 0.25) is 21.6 Å². The fraction of sp³-hybridized carbons (Fsp3) is 0.273. The van der Waals surface area contributed by atoms with E-state index in [1.807, 2.05) is 0 Å². The number of ketones is 2. The van der Waals surface area contributed by atoms with Crippen molar-refractivity contribution in [3.8, 4) is 5.75 Å². The van der Waals surface area contributed by atoms with Crippen LogP contribution >= 0.6 is 0 Å². The molecule has 0 amide bonds. The van der Waals surface area contributed by atoms with Gasteiger partial charge in [-0.1, -0.05) is 36.4 Å². The number of Topliss-reactive ketones (excluding diaryl/α,β-unsaturated/α-hetero) is 2. The van der Waals surface area contributed by atoms with Crippen molar-refractivity contribution < 1.29 is 27.5 Å². The molecule has 1 fully saturated rings. The standard InChI is InChI=1S/C22H22N2O6S/c1-29-16-8-6-15(7-9-16)14-23-31(27,28)22-19(24-10-12-30-13-11-24)20(25)17-4-2-3-5-18(17)21(22)26/h2-9,23H,10-14H2,1H3. The van der Waals surface area contributed by atoms with Crippen LogP contribution in [0.15, 0.2) is 59.1 Å². The molecule has 4 rings (SSSR count). The summed E-state index contributed by atoms with van der Waals surface area (Å²) in [5.41, 5.74) is 0.902. The van der Waals surface area contributed by atoms with E-state index in [0.717, 1.165) is 0 Å².